The number of halogens is 1. The second kappa shape index (κ2) is 3.84. The summed E-state index contributed by atoms with van der Waals surface area (Å²) in [5.74, 6) is 0. The van der Waals surface area contributed by atoms with Gasteiger partial charge in [0.2, 0.25) is 0 Å². The Hall–Kier alpha value is -1.28. The Bertz CT molecular complexity index is 409. The molecule has 0 aliphatic rings. The molecule has 0 aliphatic heterocycles. The first-order valence-electron chi connectivity index (χ1n) is 4.52. The maximum Gasteiger partial charge on any atom is 0.0740 e. The van der Waals surface area contributed by atoms with Crippen molar-refractivity contribution in [2.45, 2.75) is 13.0 Å². The van der Waals surface area contributed by atoms with Crippen molar-refractivity contribution in [2.75, 3.05) is 0 Å². The van der Waals surface area contributed by atoms with E-state index in [4.69, 9.17) is 11.6 Å². The molecular weight excluding hydrogens is 196 g/mol. The zero-order valence-corrected chi connectivity index (χ0v) is 8.65. The maximum atomic E-state index is 5.92. The molecule has 14 heavy (non-hydrogen) atoms. The van der Waals surface area contributed by atoms with E-state index in [1.54, 1.807) is 6.20 Å². The summed E-state index contributed by atoms with van der Waals surface area (Å²) in [6.07, 6.45) is 3.73. The summed E-state index contributed by atoms with van der Waals surface area (Å²) in [4.78, 5) is 0. The lowest BCUT2D eigenvalue weighted by Gasteiger charge is -2.12. The van der Waals surface area contributed by atoms with Gasteiger partial charge in [0.15, 0.2) is 0 Å². The van der Waals surface area contributed by atoms with Gasteiger partial charge >= 0.3 is 0 Å². The van der Waals surface area contributed by atoms with Crippen LogP contribution in [0.4, 0.5) is 0 Å². The van der Waals surface area contributed by atoms with Crippen molar-refractivity contribution in [3.05, 3.63) is 53.3 Å². The molecule has 1 aromatic carbocycles. The van der Waals surface area contributed by atoms with Crippen LogP contribution in [-0.2, 0) is 0 Å². The summed E-state index contributed by atoms with van der Waals surface area (Å²) in [6.45, 7) is 2.10. The monoisotopic (exact) mass is 206 g/mol. The molecule has 2 rings (SSSR count). The molecule has 0 aliphatic carbocycles. The van der Waals surface area contributed by atoms with Crippen LogP contribution in [0.1, 0.15) is 18.5 Å². The van der Waals surface area contributed by atoms with Crippen LogP contribution in [0.15, 0.2) is 42.7 Å². The SMILES string of the molecule is CC(c1cccc(Cl)c1)n1cccn1. The fourth-order valence-corrected chi connectivity index (χ4v) is 1.63. The molecule has 3 heteroatoms. The highest BCUT2D eigenvalue weighted by molar-refractivity contribution is 6.30. The van der Waals surface area contributed by atoms with Crippen molar-refractivity contribution in [3.63, 3.8) is 0 Å². The van der Waals surface area contributed by atoms with Gasteiger partial charge in [-0.3, -0.25) is 4.68 Å². The van der Waals surface area contributed by atoms with Crippen LogP contribution in [0.2, 0.25) is 5.02 Å². The van der Waals surface area contributed by atoms with Gasteiger partial charge in [-0.15, -0.1) is 0 Å². The zero-order chi connectivity index (χ0) is 9.97. The summed E-state index contributed by atoms with van der Waals surface area (Å²) >= 11 is 5.92. The minimum Gasteiger partial charge on any atom is -0.266 e. The first-order chi connectivity index (χ1) is 6.77. The lowest BCUT2D eigenvalue weighted by Crippen LogP contribution is -2.06. The van der Waals surface area contributed by atoms with Gasteiger partial charge in [0.1, 0.15) is 0 Å². The maximum absolute atomic E-state index is 5.92. The van der Waals surface area contributed by atoms with Crippen molar-refractivity contribution in [1.29, 1.82) is 0 Å². The van der Waals surface area contributed by atoms with E-state index in [2.05, 4.69) is 18.1 Å². The smallest absolute Gasteiger partial charge is 0.0740 e. The van der Waals surface area contributed by atoms with Gasteiger partial charge < -0.3 is 0 Å². The molecule has 1 aromatic heterocycles. The number of hydrogen-bond acceptors (Lipinski definition) is 1. The second-order valence-electron chi connectivity index (χ2n) is 3.22. The summed E-state index contributed by atoms with van der Waals surface area (Å²) < 4.78 is 1.91. The molecule has 0 amide bonds. The van der Waals surface area contributed by atoms with Gasteiger partial charge in [-0.1, -0.05) is 23.7 Å². The Labute approximate surface area is 88.1 Å². The van der Waals surface area contributed by atoms with E-state index >= 15 is 0 Å². The minimum absolute atomic E-state index is 0.226. The molecular formula is C11H11ClN2. The molecule has 0 saturated heterocycles. The van der Waals surface area contributed by atoms with Crippen molar-refractivity contribution in [3.8, 4) is 0 Å². The van der Waals surface area contributed by atoms with E-state index in [0.717, 1.165) is 5.02 Å². The molecule has 0 spiro atoms. The van der Waals surface area contributed by atoms with Gasteiger partial charge in [-0.05, 0) is 30.7 Å². The number of benzene rings is 1. The lowest BCUT2D eigenvalue weighted by atomic mass is 10.1. The first-order valence-corrected chi connectivity index (χ1v) is 4.90. The lowest BCUT2D eigenvalue weighted by molar-refractivity contribution is 0.564. The molecule has 1 heterocycles. The fourth-order valence-electron chi connectivity index (χ4n) is 1.43. The highest BCUT2D eigenvalue weighted by atomic mass is 35.5. The quantitative estimate of drug-likeness (QED) is 0.738. The van der Waals surface area contributed by atoms with E-state index in [1.165, 1.54) is 5.56 Å². The Morgan fingerprint density at radius 1 is 1.36 bits per heavy atom. The zero-order valence-electron chi connectivity index (χ0n) is 7.89. The molecule has 0 bridgehead atoms. The molecule has 2 nitrogen and oxygen atoms in total. The third-order valence-electron chi connectivity index (χ3n) is 2.25. The normalized spacial score (nSPS) is 12.7. The van der Waals surface area contributed by atoms with Gasteiger partial charge in [0, 0.05) is 17.4 Å². The second-order valence-corrected chi connectivity index (χ2v) is 3.65. The van der Waals surface area contributed by atoms with Gasteiger partial charge in [0.05, 0.1) is 6.04 Å². The van der Waals surface area contributed by atoms with Crippen LogP contribution in [0.25, 0.3) is 0 Å². The van der Waals surface area contributed by atoms with Gasteiger partial charge in [-0.2, -0.15) is 5.10 Å². The highest BCUT2D eigenvalue weighted by Crippen LogP contribution is 2.19. The number of hydrogen-bond donors (Lipinski definition) is 0. The summed E-state index contributed by atoms with van der Waals surface area (Å²) in [7, 11) is 0. The molecule has 1 atom stereocenters. The average Bonchev–Trinajstić information content (AvgIpc) is 2.69. The van der Waals surface area contributed by atoms with Crippen molar-refractivity contribution in [2.24, 2.45) is 0 Å². The third-order valence-corrected chi connectivity index (χ3v) is 2.49. The Morgan fingerprint density at radius 2 is 2.21 bits per heavy atom. The van der Waals surface area contributed by atoms with E-state index in [0.29, 0.717) is 0 Å². The Balaban J connectivity index is 2.32. The van der Waals surface area contributed by atoms with Gasteiger partial charge in [-0.25, -0.2) is 0 Å². The number of nitrogens with zero attached hydrogens (tertiary/aromatic N) is 2. The predicted octanol–water partition coefficient (Wildman–Crippen LogP) is 3.15. The van der Waals surface area contributed by atoms with Crippen LogP contribution in [0, 0.1) is 0 Å². The predicted molar refractivity (Wildman–Crippen MR) is 57.5 cm³/mol. The van der Waals surface area contributed by atoms with E-state index in [9.17, 15) is 0 Å². The van der Waals surface area contributed by atoms with E-state index < -0.39 is 0 Å². The first kappa shape index (κ1) is 9.28. The minimum atomic E-state index is 0.226. The largest absolute Gasteiger partial charge is 0.266 e. The summed E-state index contributed by atoms with van der Waals surface area (Å²) in [5.41, 5.74) is 1.17. The van der Waals surface area contributed by atoms with Crippen LogP contribution < -0.4 is 0 Å². The van der Waals surface area contributed by atoms with E-state index in [-0.39, 0.29) is 6.04 Å². The molecule has 1 unspecified atom stereocenters. The van der Waals surface area contributed by atoms with E-state index in [1.807, 2.05) is 35.1 Å². The molecule has 0 N–H and O–H groups in total. The van der Waals surface area contributed by atoms with Crippen molar-refractivity contribution < 1.29 is 0 Å². The molecule has 0 radical (unpaired) electrons. The molecule has 0 saturated carbocycles. The van der Waals surface area contributed by atoms with Crippen LogP contribution >= 0.6 is 11.6 Å². The average molecular weight is 207 g/mol. The van der Waals surface area contributed by atoms with Crippen molar-refractivity contribution in [1.82, 2.24) is 9.78 Å². The van der Waals surface area contributed by atoms with Gasteiger partial charge in [0.25, 0.3) is 0 Å². The number of aromatic nitrogens is 2. The molecule has 72 valence electrons. The van der Waals surface area contributed by atoms with Crippen molar-refractivity contribution >= 4 is 11.6 Å². The fraction of sp³-hybridized carbons (Fsp3) is 0.182. The molecule has 2 aromatic rings. The van der Waals surface area contributed by atoms with Crippen LogP contribution in [0.3, 0.4) is 0 Å². The molecule has 0 fully saturated rings. The van der Waals surface area contributed by atoms with Crippen LogP contribution in [-0.4, -0.2) is 9.78 Å². The third kappa shape index (κ3) is 1.80. The number of rotatable bonds is 2. The summed E-state index contributed by atoms with van der Waals surface area (Å²) in [5, 5.41) is 4.96. The standard InChI is InChI=1S/C11H11ClN2/c1-9(14-7-3-6-13-14)10-4-2-5-11(12)8-10/h2-9H,1H3. The Kier molecular flexibility index (Phi) is 2.55. The summed E-state index contributed by atoms with van der Waals surface area (Å²) in [6, 6.07) is 10.00. The Morgan fingerprint density at radius 3 is 2.86 bits per heavy atom. The van der Waals surface area contributed by atoms with Crippen LogP contribution in [0.5, 0.6) is 0 Å². The topological polar surface area (TPSA) is 17.8 Å². The highest BCUT2D eigenvalue weighted by Gasteiger charge is 2.06.